The highest BCUT2D eigenvalue weighted by molar-refractivity contribution is 6.32. The van der Waals surface area contributed by atoms with Crippen LogP contribution in [0, 0.1) is 13.8 Å². The highest BCUT2D eigenvalue weighted by atomic mass is 35.5. The van der Waals surface area contributed by atoms with Crippen LogP contribution in [0.4, 0.5) is 0 Å². The topological polar surface area (TPSA) is 11.3 Å². The fourth-order valence-corrected chi connectivity index (χ4v) is 2.64. The van der Waals surface area contributed by atoms with Crippen molar-refractivity contribution in [1.29, 1.82) is 0 Å². The minimum atomic E-state index is 0.763. The highest BCUT2D eigenvalue weighted by Crippen LogP contribution is 2.37. The zero-order valence-electron chi connectivity index (χ0n) is 12.1. The molecule has 3 rings (SSSR count). The molecule has 0 radical (unpaired) electrons. The van der Waals surface area contributed by atoms with E-state index < -0.39 is 0 Å². The van der Waals surface area contributed by atoms with Gasteiger partial charge in [0.15, 0.2) is 0 Å². The van der Waals surface area contributed by atoms with Crippen molar-refractivity contribution < 1.29 is 4.42 Å². The Morgan fingerprint density at radius 2 is 1.05 bits per heavy atom. The molecule has 0 aliphatic rings. The standard InChI is InChI=1S/C19H16ClO/c1-13-17(20)14(2)19(16-11-7-4-8-12-16)21-18(13)15-9-5-3-6-10-15/h3-12H,1-2H3/q+1. The Hall–Kier alpha value is -2.12. The summed E-state index contributed by atoms with van der Waals surface area (Å²) >= 11 is 6.53. The van der Waals surface area contributed by atoms with E-state index in [1.54, 1.807) is 0 Å². The van der Waals surface area contributed by atoms with Gasteiger partial charge in [0.05, 0.1) is 27.3 Å². The van der Waals surface area contributed by atoms with Crippen molar-refractivity contribution in [2.24, 2.45) is 0 Å². The smallest absolute Gasteiger partial charge is 0.206 e. The molecule has 1 nitrogen and oxygen atoms in total. The molecular formula is C19H16ClO+. The lowest BCUT2D eigenvalue weighted by Gasteiger charge is -2.04. The van der Waals surface area contributed by atoms with Gasteiger partial charge in [-0.2, -0.15) is 0 Å². The summed E-state index contributed by atoms with van der Waals surface area (Å²) in [4.78, 5) is 0. The highest BCUT2D eigenvalue weighted by Gasteiger charge is 2.27. The van der Waals surface area contributed by atoms with Crippen molar-refractivity contribution in [2.45, 2.75) is 13.8 Å². The lowest BCUT2D eigenvalue weighted by atomic mass is 10.0. The third-order valence-electron chi connectivity index (χ3n) is 3.62. The summed E-state index contributed by atoms with van der Waals surface area (Å²) in [7, 11) is 0. The van der Waals surface area contributed by atoms with E-state index in [1.807, 2.05) is 74.5 Å². The molecule has 3 aromatic rings. The van der Waals surface area contributed by atoms with Gasteiger partial charge in [-0.25, -0.2) is 4.42 Å². The van der Waals surface area contributed by atoms with Gasteiger partial charge in [-0.1, -0.05) is 48.0 Å². The van der Waals surface area contributed by atoms with Crippen LogP contribution in [0.15, 0.2) is 65.1 Å². The molecule has 0 amide bonds. The first-order valence-electron chi connectivity index (χ1n) is 6.92. The maximum atomic E-state index is 6.53. The second kappa shape index (κ2) is 5.71. The molecule has 0 saturated heterocycles. The Morgan fingerprint density at radius 3 is 1.43 bits per heavy atom. The van der Waals surface area contributed by atoms with Gasteiger partial charge in [0.1, 0.15) is 0 Å². The number of benzene rings is 2. The van der Waals surface area contributed by atoms with Gasteiger partial charge in [0, 0.05) is 0 Å². The van der Waals surface area contributed by atoms with E-state index in [9.17, 15) is 0 Å². The molecule has 0 fully saturated rings. The fourth-order valence-electron chi connectivity index (χ4n) is 2.47. The van der Waals surface area contributed by atoms with E-state index in [1.165, 1.54) is 0 Å². The number of hydrogen-bond donors (Lipinski definition) is 0. The molecule has 0 bridgehead atoms. The van der Waals surface area contributed by atoms with Gasteiger partial charge in [0.2, 0.25) is 0 Å². The first-order chi connectivity index (χ1) is 10.2. The molecule has 1 aromatic heterocycles. The molecular weight excluding hydrogens is 280 g/mol. The summed E-state index contributed by atoms with van der Waals surface area (Å²) in [6, 6.07) is 20.1. The molecule has 1 heterocycles. The third kappa shape index (κ3) is 2.57. The minimum absolute atomic E-state index is 0.763. The molecule has 0 aliphatic carbocycles. The van der Waals surface area contributed by atoms with E-state index in [0.29, 0.717) is 0 Å². The number of hydrogen-bond acceptors (Lipinski definition) is 0. The van der Waals surface area contributed by atoms with Gasteiger partial charge in [-0.05, 0) is 38.1 Å². The van der Waals surface area contributed by atoms with E-state index in [2.05, 4.69) is 0 Å². The number of halogens is 1. The zero-order valence-corrected chi connectivity index (χ0v) is 12.8. The molecule has 0 aliphatic heterocycles. The van der Waals surface area contributed by atoms with Crippen LogP contribution in [0.1, 0.15) is 11.1 Å². The van der Waals surface area contributed by atoms with E-state index in [-0.39, 0.29) is 0 Å². The first-order valence-corrected chi connectivity index (χ1v) is 7.30. The second-order valence-corrected chi connectivity index (χ2v) is 5.43. The van der Waals surface area contributed by atoms with E-state index >= 15 is 0 Å². The van der Waals surface area contributed by atoms with E-state index in [0.717, 1.165) is 38.8 Å². The molecule has 0 unspecified atom stereocenters. The lowest BCUT2D eigenvalue weighted by molar-refractivity contribution is 0.573. The molecule has 0 saturated carbocycles. The van der Waals surface area contributed by atoms with Crippen molar-refractivity contribution >= 4 is 11.6 Å². The van der Waals surface area contributed by atoms with Crippen LogP contribution in [0.3, 0.4) is 0 Å². The summed E-state index contributed by atoms with van der Waals surface area (Å²) in [5, 5.41) is 0.763. The van der Waals surface area contributed by atoms with Crippen LogP contribution in [0.5, 0.6) is 0 Å². The van der Waals surface area contributed by atoms with Gasteiger partial charge < -0.3 is 0 Å². The minimum Gasteiger partial charge on any atom is -0.206 e. The molecule has 2 heteroatoms. The maximum absolute atomic E-state index is 6.53. The van der Waals surface area contributed by atoms with Crippen LogP contribution in [-0.4, -0.2) is 0 Å². The first kappa shape index (κ1) is 13.8. The normalized spacial score (nSPS) is 10.6. The van der Waals surface area contributed by atoms with Crippen LogP contribution >= 0.6 is 11.6 Å². The van der Waals surface area contributed by atoms with Crippen molar-refractivity contribution in [3.8, 4) is 22.6 Å². The summed E-state index contributed by atoms with van der Waals surface area (Å²) in [6.07, 6.45) is 0. The predicted molar refractivity (Wildman–Crippen MR) is 88.5 cm³/mol. The number of rotatable bonds is 2. The summed E-state index contributed by atoms with van der Waals surface area (Å²) in [5.74, 6) is 1.65. The molecule has 104 valence electrons. The van der Waals surface area contributed by atoms with Crippen molar-refractivity contribution in [3.63, 3.8) is 0 Å². The largest absolute Gasteiger partial charge is 0.365 e. The Kier molecular flexibility index (Phi) is 3.76. The molecule has 2 aromatic carbocycles. The van der Waals surface area contributed by atoms with E-state index in [4.69, 9.17) is 16.0 Å². The summed E-state index contributed by atoms with van der Waals surface area (Å²) in [6.45, 7) is 3.99. The van der Waals surface area contributed by atoms with Crippen molar-refractivity contribution in [3.05, 3.63) is 76.8 Å². The summed E-state index contributed by atoms with van der Waals surface area (Å²) in [5.41, 5.74) is 4.02. The van der Waals surface area contributed by atoms with Crippen LogP contribution in [0.2, 0.25) is 5.02 Å². The molecule has 21 heavy (non-hydrogen) atoms. The quantitative estimate of drug-likeness (QED) is 0.515. The third-order valence-corrected chi connectivity index (χ3v) is 4.18. The Bertz CT molecular complexity index is 701. The van der Waals surface area contributed by atoms with Crippen LogP contribution in [0.25, 0.3) is 22.6 Å². The average Bonchev–Trinajstić information content (AvgIpc) is 2.55. The van der Waals surface area contributed by atoms with Gasteiger partial charge in [-0.15, -0.1) is 0 Å². The van der Waals surface area contributed by atoms with Gasteiger partial charge >= 0.3 is 11.5 Å². The molecule has 0 N–H and O–H groups in total. The van der Waals surface area contributed by atoms with Crippen molar-refractivity contribution in [2.75, 3.05) is 0 Å². The van der Waals surface area contributed by atoms with Crippen molar-refractivity contribution in [1.82, 2.24) is 0 Å². The fraction of sp³-hybridized carbons (Fsp3) is 0.105. The average molecular weight is 296 g/mol. The van der Waals surface area contributed by atoms with Gasteiger partial charge in [0.25, 0.3) is 0 Å². The summed E-state index contributed by atoms with van der Waals surface area (Å²) < 4.78 is 6.21. The maximum Gasteiger partial charge on any atom is 0.365 e. The Balaban J connectivity index is 2.26. The monoisotopic (exact) mass is 295 g/mol. The SMILES string of the molecule is Cc1c(-c2ccccc2)[o+]c(-c2ccccc2)c(C)c1Cl. The predicted octanol–water partition coefficient (Wildman–Crippen LogP) is 6.16. The Labute approximate surface area is 129 Å². The molecule has 0 spiro atoms. The lowest BCUT2D eigenvalue weighted by Crippen LogP contribution is -1.92. The Morgan fingerprint density at radius 1 is 0.667 bits per heavy atom. The van der Waals surface area contributed by atoms with Gasteiger partial charge in [-0.3, -0.25) is 0 Å². The molecule has 0 atom stereocenters. The van der Waals surface area contributed by atoms with Crippen LogP contribution < -0.4 is 0 Å². The zero-order chi connectivity index (χ0) is 14.8. The second-order valence-electron chi connectivity index (χ2n) is 5.06. The van der Waals surface area contributed by atoms with Crippen LogP contribution in [-0.2, 0) is 0 Å².